The van der Waals surface area contributed by atoms with Gasteiger partial charge in [-0.2, -0.15) is 0 Å². The Morgan fingerprint density at radius 1 is 1.10 bits per heavy atom. The van der Waals surface area contributed by atoms with Gasteiger partial charge in [-0.1, -0.05) is 30.3 Å². The normalized spacial score (nSPS) is 15.7. The van der Waals surface area contributed by atoms with Gasteiger partial charge >= 0.3 is 12.0 Å². The molecule has 2 N–H and O–H groups in total. The number of benzene rings is 1. The van der Waals surface area contributed by atoms with Gasteiger partial charge in [0, 0.05) is 32.7 Å². The maximum atomic E-state index is 11.7. The number of carboxylic acids is 1. The molecule has 114 valence electrons. The predicted octanol–water partition coefficient (Wildman–Crippen LogP) is 0.641. The van der Waals surface area contributed by atoms with Crippen LogP contribution < -0.4 is 5.32 Å². The molecule has 2 rings (SSSR count). The van der Waals surface area contributed by atoms with Crippen LogP contribution in [0.25, 0.3) is 0 Å². The van der Waals surface area contributed by atoms with Gasteiger partial charge in [-0.05, 0) is 12.0 Å². The van der Waals surface area contributed by atoms with E-state index in [1.54, 1.807) is 4.90 Å². The Balaban J connectivity index is 1.68. The predicted molar refractivity (Wildman–Crippen MR) is 79.2 cm³/mol. The summed E-state index contributed by atoms with van der Waals surface area (Å²) in [5.74, 6) is -1.02. The van der Waals surface area contributed by atoms with Gasteiger partial charge in [-0.15, -0.1) is 0 Å². The van der Waals surface area contributed by atoms with Crippen LogP contribution in [0.3, 0.4) is 0 Å². The van der Waals surface area contributed by atoms with Gasteiger partial charge in [0.15, 0.2) is 0 Å². The SMILES string of the molecule is O=C(O)CNC(=O)N1CCN(CCc2ccccc2)CC1. The fraction of sp³-hybridized carbons (Fsp3) is 0.467. The van der Waals surface area contributed by atoms with Crippen LogP contribution in [0.2, 0.25) is 0 Å². The van der Waals surface area contributed by atoms with E-state index in [1.165, 1.54) is 5.56 Å². The van der Waals surface area contributed by atoms with E-state index in [-0.39, 0.29) is 12.6 Å². The summed E-state index contributed by atoms with van der Waals surface area (Å²) in [4.78, 5) is 26.1. The van der Waals surface area contributed by atoms with Crippen LogP contribution in [0.4, 0.5) is 4.79 Å². The van der Waals surface area contributed by atoms with Crippen LogP contribution in [-0.4, -0.2) is 66.2 Å². The number of carboxylic acid groups (broad SMARTS) is 1. The van der Waals surface area contributed by atoms with Crippen LogP contribution in [-0.2, 0) is 11.2 Å². The highest BCUT2D eigenvalue weighted by atomic mass is 16.4. The smallest absolute Gasteiger partial charge is 0.323 e. The zero-order chi connectivity index (χ0) is 15.1. The highest BCUT2D eigenvalue weighted by Gasteiger charge is 2.20. The minimum absolute atomic E-state index is 0.292. The van der Waals surface area contributed by atoms with Crippen molar-refractivity contribution < 1.29 is 14.7 Å². The van der Waals surface area contributed by atoms with E-state index in [0.717, 1.165) is 26.1 Å². The molecular formula is C15H21N3O3. The van der Waals surface area contributed by atoms with E-state index in [9.17, 15) is 9.59 Å². The Morgan fingerprint density at radius 2 is 1.76 bits per heavy atom. The zero-order valence-electron chi connectivity index (χ0n) is 12.0. The van der Waals surface area contributed by atoms with Crippen LogP contribution >= 0.6 is 0 Å². The van der Waals surface area contributed by atoms with Crippen molar-refractivity contribution in [3.8, 4) is 0 Å². The Morgan fingerprint density at radius 3 is 2.38 bits per heavy atom. The van der Waals surface area contributed by atoms with Gasteiger partial charge < -0.3 is 15.3 Å². The molecule has 1 aliphatic rings. The van der Waals surface area contributed by atoms with E-state index >= 15 is 0 Å². The number of hydrogen-bond donors (Lipinski definition) is 2. The minimum atomic E-state index is -1.02. The fourth-order valence-electron chi connectivity index (χ4n) is 2.37. The van der Waals surface area contributed by atoms with Gasteiger partial charge in [0.1, 0.15) is 6.54 Å². The summed E-state index contributed by atoms with van der Waals surface area (Å²) in [6.45, 7) is 3.59. The van der Waals surface area contributed by atoms with Gasteiger partial charge in [-0.3, -0.25) is 9.69 Å². The Labute approximate surface area is 124 Å². The lowest BCUT2D eigenvalue weighted by Crippen LogP contribution is -2.52. The summed E-state index contributed by atoms with van der Waals surface area (Å²) in [5, 5.41) is 10.9. The first kappa shape index (κ1) is 15.3. The molecule has 0 bridgehead atoms. The van der Waals surface area contributed by atoms with E-state index in [0.29, 0.717) is 13.1 Å². The zero-order valence-corrected chi connectivity index (χ0v) is 12.0. The van der Waals surface area contributed by atoms with Crippen LogP contribution in [0.15, 0.2) is 30.3 Å². The quantitative estimate of drug-likeness (QED) is 0.835. The molecule has 1 fully saturated rings. The lowest BCUT2D eigenvalue weighted by atomic mass is 10.1. The van der Waals surface area contributed by atoms with Crippen molar-refractivity contribution in [1.29, 1.82) is 0 Å². The average Bonchev–Trinajstić information content (AvgIpc) is 2.52. The third-order valence-electron chi connectivity index (χ3n) is 3.61. The molecule has 21 heavy (non-hydrogen) atoms. The maximum absolute atomic E-state index is 11.7. The lowest BCUT2D eigenvalue weighted by molar-refractivity contribution is -0.135. The number of nitrogens with one attached hydrogen (secondary N) is 1. The third kappa shape index (κ3) is 5.07. The number of urea groups is 1. The minimum Gasteiger partial charge on any atom is -0.480 e. The van der Waals surface area contributed by atoms with Crippen molar-refractivity contribution in [2.45, 2.75) is 6.42 Å². The summed E-state index contributed by atoms with van der Waals surface area (Å²) in [6, 6.07) is 10.0. The number of rotatable bonds is 5. The number of carbonyl (C=O) groups excluding carboxylic acids is 1. The molecule has 1 heterocycles. The van der Waals surface area contributed by atoms with Crippen molar-refractivity contribution in [3.05, 3.63) is 35.9 Å². The number of carbonyl (C=O) groups is 2. The highest BCUT2D eigenvalue weighted by Crippen LogP contribution is 2.05. The number of piperazine rings is 1. The van der Waals surface area contributed by atoms with Crippen LogP contribution in [0.5, 0.6) is 0 Å². The van der Waals surface area contributed by atoms with E-state index < -0.39 is 5.97 Å². The second-order valence-electron chi connectivity index (χ2n) is 5.12. The standard InChI is InChI=1S/C15H21N3O3/c19-14(20)12-16-15(21)18-10-8-17(9-11-18)7-6-13-4-2-1-3-5-13/h1-5H,6-12H2,(H,16,21)(H,19,20). The molecule has 0 saturated carbocycles. The summed E-state index contributed by atoms with van der Waals surface area (Å²) in [7, 11) is 0. The molecule has 0 aromatic heterocycles. The van der Waals surface area contributed by atoms with Crippen molar-refractivity contribution in [2.75, 3.05) is 39.3 Å². The first-order valence-corrected chi connectivity index (χ1v) is 7.16. The van der Waals surface area contributed by atoms with Gasteiger partial charge in [0.2, 0.25) is 0 Å². The second kappa shape index (κ2) is 7.64. The largest absolute Gasteiger partial charge is 0.480 e. The number of aliphatic carboxylic acids is 1. The van der Waals surface area contributed by atoms with E-state index in [1.807, 2.05) is 18.2 Å². The van der Waals surface area contributed by atoms with E-state index in [4.69, 9.17) is 5.11 Å². The summed E-state index contributed by atoms with van der Waals surface area (Å²) in [6.07, 6.45) is 1.01. The molecule has 6 heteroatoms. The molecular weight excluding hydrogens is 270 g/mol. The summed E-state index contributed by atoms with van der Waals surface area (Å²) >= 11 is 0. The molecule has 0 atom stereocenters. The maximum Gasteiger partial charge on any atom is 0.323 e. The topological polar surface area (TPSA) is 72.9 Å². The van der Waals surface area contributed by atoms with Crippen LogP contribution in [0, 0.1) is 0 Å². The van der Waals surface area contributed by atoms with Crippen molar-refractivity contribution in [3.63, 3.8) is 0 Å². The first-order chi connectivity index (χ1) is 10.1. The molecule has 2 amide bonds. The molecule has 1 aromatic rings. The first-order valence-electron chi connectivity index (χ1n) is 7.16. The van der Waals surface area contributed by atoms with E-state index in [2.05, 4.69) is 22.3 Å². The van der Waals surface area contributed by atoms with Crippen LogP contribution in [0.1, 0.15) is 5.56 Å². The number of amides is 2. The monoisotopic (exact) mass is 291 g/mol. The summed E-state index contributed by atoms with van der Waals surface area (Å²) in [5.41, 5.74) is 1.32. The molecule has 0 aliphatic carbocycles. The Kier molecular flexibility index (Phi) is 5.57. The molecule has 1 aromatic carbocycles. The molecule has 0 spiro atoms. The molecule has 1 saturated heterocycles. The van der Waals surface area contributed by atoms with Gasteiger partial charge in [0.05, 0.1) is 0 Å². The number of nitrogens with zero attached hydrogens (tertiary/aromatic N) is 2. The van der Waals surface area contributed by atoms with Crippen molar-refractivity contribution in [1.82, 2.24) is 15.1 Å². The summed E-state index contributed by atoms with van der Waals surface area (Å²) < 4.78 is 0. The number of hydrogen-bond acceptors (Lipinski definition) is 3. The second-order valence-corrected chi connectivity index (χ2v) is 5.12. The molecule has 0 unspecified atom stereocenters. The molecule has 0 radical (unpaired) electrons. The molecule has 1 aliphatic heterocycles. The van der Waals surface area contributed by atoms with Crippen molar-refractivity contribution >= 4 is 12.0 Å². The Bertz CT molecular complexity index is 470. The van der Waals surface area contributed by atoms with Gasteiger partial charge in [-0.25, -0.2) is 4.79 Å². The third-order valence-corrected chi connectivity index (χ3v) is 3.61. The van der Waals surface area contributed by atoms with Gasteiger partial charge in [0.25, 0.3) is 0 Å². The molecule has 6 nitrogen and oxygen atoms in total. The van der Waals surface area contributed by atoms with Crippen molar-refractivity contribution in [2.24, 2.45) is 0 Å². The Hall–Kier alpha value is -2.08. The lowest BCUT2D eigenvalue weighted by Gasteiger charge is -2.34. The highest BCUT2D eigenvalue weighted by molar-refractivity contribution is 5.80. The fourth-order valence-corrected chi connectivity index (χ4v) is 2.37. The average molecular weight is 291 g/mol.